The third-order valence-corrected chi connectivity index (χ3v) is 4.10. The zero-order valence-corrected chi connectivity index (χ0v) is 13.4. The van der Waals surface area contributed by atoms with Gasteiger partial charge in [-0.3, -0.25) is 4.79 Å². The van der Waals surface area contributed by atoms with Crippen LogP contribution in [0.15, 0.2) is 42.6 Å². The van der Waals surface area contributed by atoms with Gasteiger partial charge in [0.25, 0.3) is 5.91 Å². The lowest BCUT2D eigenvalue weighted by molar-refractivity contribution is 0.0936. The molecule has 1 heterocycles. The minimum atomic E-state index is -0.102. The summed E-state index contributed by atoms with van der Waals surface area (Å²) >= 11 is 0. The van der Waals surface area contributed by atoms with E-state index in [1.54, 1.807) is 25.4 Å². The van der Waals surface area contributed by atoms with Crippen molar-refractivity contribution in [2.45, 2.75) is 25.8 Å². The van der Waals surface area contributed by atoms with Crippen molar-refractivity contribution < 1.29 is 9.53 Å². The van der Waals surface area contributed by atoms with Crippen molar-refractivity contribution in [2.24, 2.45) is 5.92 Å². The van der Waals surface area contributed by atoms with Crippen LogP contribution in [0.25, 0.3) is 0 Å². The lowest BCUT2D eigenvalue weighted by atomic mass is 10.1. The normalized spacial score (nSPS) is 14.9. The second kappa shape index (κ2) is 6.69. The number of aromatic nitrogens is 1. The summed E-state index contributed by atoms with van der Waals surface area (Å²) in [5, 5.41) is 6.26. The van der Waals surface area contributed by atoms with Crippen LogP contribution in [0, 0.1) is 5.92 Å². The third kappa shape index (κ3) is 3.62. The Balaban J connectivity index is 1.81. The van der Waals surface area contributed by atoms with Gasteiger partial charge >= 0.3 is 0 Å². The minimum Gasteiger partial charge on any atom is -0.495 e. The molecule has 5 nitrogen and oxygen atoms in total. The van der Waals surface area contributed by atoms with Gasteiger partial charge in [-0.2, -0.15) is 0 Å². The van der Waals surface area contributed by atoms with Crippen LogP contribution < -0.4 is 15.4 Å². The number of ether oxygens (including phenoxy) is 1. The Morgan fingerprint density at radius 3 is 2.78 bits per heavy atom. The van der Waals surface area contributed by atoms with Gasteiger partial charge in [0.2, 0.25) is 0 Å². The summed E-state index contributed by atoms with van der Waals surface area (Å²) in [6, 6.07) is 11.3. The highest BCUT2D eigenvalue weighted by molar-refractivity contribution is 5.99. The molecule has 0 aliphatic heterocycles. The van der Waals surface area contributed by atoms with E-state index in [-0.39, 0.29) is 11.9 Å². The van der Waals surface area contributed by atoms with Gasteiger partial charge in [0.05, 0.1) is 18.4 Å². The number of pyridine rings is 1. The molecule has 23 heavy (non-hydrogen) atoms. The van der Waals surface area contributed by atoms with E-state index in [9.17, 15) is 4.79 Å². The highest BCUT2D eigenvalue weighted by Crippen LogP contribution is 2.33. The first-order chi connectivity index (χ1) is 11.2. The first-order valence-corrected chi connectivity index (χ1v) is 7.85. The number of carbonyl (C=O) groups is 1. The molecule has 1 atom stereocenters. The largest absolute Gasteiger partial charge is 0.495 e. The predicted molar refractivity (Wildman–Crippen MR) is 90.2 cm³/mol. The van der Waals surface area contributed by atoms with Gasteiger partial charge in [-0.1, -0.05) is 12.1 Å². The monoisotopic (exact) mass is 311 g/mol. The molecule has 1 aliphatic rings. The molecule has 1 aliphatic carbocycles. The molecule has 3 rings (SSSR count). The molecule has 2 N–H and O–H groups in total. The number of amides is 1. The first kappa shape index (κ1) is 15.3. The summed E-state index contributed by atoms with van der Waals surface area (Å²) in [7, 11) is 1.61. The molecule has 0 saturated heterocycles. The first-order valence-electron chi connectivity index (χ1n) is 7.85. The number of anilines is 2. The molecule has 0 spiro atoms. The zero-order chi connectivity index (χ0) is 16.2. The van der Waals surface area contributed by atoms with E-state index in [2.05, 4.69) is 22.5 Å². The van der Waals surface area contributed by atoms with Gasteiger partial charge in [-0.15, -0.1) is 0 Å². The van der Waals surface area contributed by atoms with E-state index >= 15 is 0 Å². The highest BCUT2D eigenvalue weighted by atomic mass is 16.5. The number of rotatable bonds is 6. The molecule has 120 valence electrons. The van der Waals surface area contributed by atoms with Crippen molar-refractivity contribution in [3.63, 3.8) is 0 Å². The molecule has 1 aromatic carbocycles. The number of hydrogen-bond acceptors (Lipinski definition) is 4. The van der Waals surface area contributed by atoms with Crippen LogP contribution in [0.3, 0.4) is 0 Å². The predicted octanol–water partition coefficient (Wildman–Crippen LogP) is 3.36. The molecule has 0 radical (unpaired) electrons. The molecule has 1 amide bonds. The molecular formula is C18H21N3O2. The highest BCUT2D eigenvalue weighted by Gasteiger charge is 2.29. The molecule has 0 unspecified atom stereocenters. The average Bonchev–Trinajstić information content (AvgIpc) is 3.41. The van der Waals surface area contributed by atoms with Gasteiger partial charge < -0.3 is 15.4 Å². The summed E-state index contributed by atoms with van der Waals surface area (Å²) in [5.74, 6) is 1.74. The van der Waals surface area contributed by atoms with Crippen LogP contribution in [0.2, 0.25) is 0 Å². The third-order valence-electron chi connectivity index (χ3n) is 4.10. The maximum atomic E-state index is 12.5. The number of methoxy groups -OCH3 is 1. The lowest BCUT2D eigenvalue weighted by Crippen LogP contribution is -2.34. The fourth-order valence-electron chi connectivity index (χ4n) is 2.56. The van der Waals surface area contributed by atoms with Crippen molar-refractivity contribution >= 4 is 17.4 Å². The Labute approximate surface area is 136 Å². The maximum Gasteiger partial charge on any atom is 0.255 e. The molecule has 1 saturated carbocycles. The van der Waals surface area contributed by atoms with Crippen LogP contribution >= 0.6 is 0 Å². The number of benzene rings is 1. The number of hydrogen-bond donors (Lipinski definition) is 2. The standard InChI is InChI=1S/C18H21N3O2/c1-12(13-9-10-13)20-18(22)14-6-5-11-19-17(14)21-15-7-3-4-8-16(15)23-2/h3-8,11-13H,9-10H2,1-2H3,(H,19,21)(H,20,22)/t12-/m1/s1. The fraction of sp³-hybridized carbons (Fsp3) is 0.333. The van der Waals surface area contributed by atoms with E-state index in [1.807, 2.05) is 24.3 Å². The van der Waals surface area contributed by atoms with Crippen LogP contribution in [0.5, 0.6) is 5.75 Å². The summed E-state index contributed by atoms with van der Waals surface area (Å²) in [5.41, 5.74) is 1.31. The van der Waals surface area contributed by atoms with Gasteiger partial charge in [-0.25, -0.2) is 4.98 Å². The Morgan fingerprint density at radius 2 is 2.04 bits per heavy atom. The van der Waals surface area contributed by atoms with Crippen molar-refractivity contribution in [1.82, 2.24) is 10.3 Å². The summed E-state index contributed by atoms with van der Waals surface area (Å²) < 4.78 is 5.33. The lowest BCUT2D eigenvalue weighted by Gasteiger charge is -2.16. The van der Waals surface area contributed by atoms with E-state index in [4.69, 9.17) is 4.74 Å². The maximum absolute atomic E-state index is 12.5. The number of nitrogens with zero attached hydrogens (tertiary/aromatic N) is 1. The average molecular weight is 311 g/mol. The van der Waals surface area contributed by atoms with Crippen molar-refractivity contribution in [2.75, 3.05) is 12.4 Å². The topological polar surface area (TPSA) is 63.2 Å². The Bertz CT molecular complexity index is 698. The van der Waals surface area contributed by atoms with Gasteiger partial charge in [0.1, 0.15) is 11.6 Å². The minimum absolute atomic E-state index is 0.102. The second-order valence-electron chi connectivity index (χ2n) is 5.82. The van der Waals surface area contributed by atoms with Crippen LogP contribution in [0.1, 0.15) is 30.1 Å². The molecule has 1 aromatic heterocycles. The summed E-state index contributed by atoms with van der Waals surface area (Å²) in [6.07, 6.45) is 4.06. The molecular weight excluding hydrogens is 290 g/mol. The molecule has 1 fully saturated rings. The van der Waals surface area contributed by atoms with E-state index in [1.165, 1.54) is 12.8 Å². The van der Waals surface area contributed by atoms with Crippen LogP contribution in [0.4, 0.5) is 11.5 Å². The van der Waals surface area contributed by atoms with Gasteiger partial charge in [0.15, 0.2) is 0 Å². The van der Waals surface area contributed by atoms with Crippen molar-refractivity contribution in [3.8, 4) is 5.75 Å². The van der Waals surface area contributed by atoms with Crippen molar-refractivity contribution in [1.29, 1.82) is 0 Å². The summed E-state index contributed by atoms with van der Waals surface area (Å²) in [4.78, 5) is 16.8. The Morgan fingerprint density at radius 1 is 1.26 bits per heavy atom. The van der Waals surface area contributed by atoms with Crippen LogP contribution in [-0.4, -0.2) is 24.0 Å². The molecule has 2 aromatic rings. The SMILES string of the molecule is COc1ccccc1Nc1ncccc1C(=O)N[C@H](C)C1CC1. The second-order valence-corrected chi connectivity index (χ2v) is 5.82. The Kier molecular flexibility index (Phi) is 4.46. The summed E-state index contributed by atoms with van der Waals surface area (Å²) in [6.45, 7) is 2.05. The van der Waals surface area contributed by atoms with Gasteiger partial charge in [-0.05, 0) is 49.9 Å². The quantitative estimate of drug-likeness (QED) is 0.858. The fourth-order valence-corrected chi connectivity index (χ4v) is 2.56. The zero-order valence-electron chi connectivity index (χ0n) is 13.4. The van der Waals surface area contributed by atoms with Gasteiger partial charge in [0, 0.05) is 12.2 Å². The van der Waals surface area contributed by atoms with Crippen LogP contribution in [-0.2, 0) is 0 Å². The van der Waals surface area contributed by atoms with E-state index in [0.29, 0.717) is 23.0 Å². The smallest absolute Gasteiger partial charge is 0.255 e. The van der Waals surface area contributed by atoms with E-state index in [0.717, 1.165) is 5.69 Å². The Hall–Kier alpha value is -2.56. The van der Waals surface area contributed by atoms with Crippen molar-refractivity contribution in [3.05, 3.63) is 48.2 Å². The molecule has 0 bridgehead atoms. The number of nitrogens with one attached hydrogen (secondary N) is 2. The number of carbonyl (C=O) groups excluding carboxylic acids is 1. The number of para-hydroxylation sites is 2. The molecule has 5 heteroatoms. The van der Waals surface area contributed by atoms with E-state index < -0.39 is 0 Å².